The second-order valence-corrected chi connectivity index (χ2v) is 9.92. The van der Waals surface area contributed by atoms with E-state index in [1.165, 1.54) is 0 Å². The van der Waals surface area contributed by atoms with Crippen LogP contribution < -0.4 is 14.2 Å². The van der Waals surface area contributed by atoms with Gasteiger partial charge in [0.25, 0.3) is 0 Å². The van der Waals surface area contributed by atoms with Crippen molar-refractivity contribution in [1.82, 2.24) is 0 Å². The summed E-state index contributed by atoms with van der Waals surface area (Å²) in [6, 6.07) is 28.4. The van der Waals surface area contributed by atoms with E-state index in [9.17, 15) is 0 Å². The molecule has 0 spiro atoms. The highest BCUT2D eigenvalue weighted by atomic mass is 32.2. The van der Waals surface area contributed by atoms with Gasteiger partial charge in [0.2, 0.25) is 0 Å². The molecule has 0 atom stereocenters. The third kappa shape index (κ3) is 7.20. The van der Waals surface area contributed by atoms with Gasteiger partial charge in [-0.05, 0) is 72.6 Å². The second kappa shape index (κ2) is 12.6. The van der Waals surface area contributed by atoms with Crippen molar-refractivity contribution in [3.8, 4) is 28.4 Å². The molecule has 0 amide bonds. The van der Waals surface area contributed by atoms with Crippen LogP contribution in [0.4, 0.5) is 0 Å². The summed E-state index contributed by atoms with van der Waals surface area (Å²) in [7, 11) is 3.34. The first kappa shape index (κ1) is 25.0. The predicted molar refractivity (Wildman–Crippen MR) is 143 cm³/mol. The zero-order chi connectivity index (χ0) is 24.5. The topological polar surface area (TPSA) is 39.0 Å². The second-order valence-electron chi connectivity index (χ2n) is 7.77. The van der Waals surface area contributed by atoms with Gasteiger partial charge >= 0.3 is 10.2 Å². The van der Waals surface area contributed by atoms with E-state index in [2.05, 4.69) is 31.2 Å². The number of unbranched alkanes of at least 4 members (excludes halogenated alkanes) is 1. The van der Waals surface area contributed by atoms with Crippen molar-refractivity contribution >= 4 is 23.5 Å². The smallest absolute Gasteiger partial charge is 0.394 e. The quantitative estimate of drug-likeness (QED) is 0.150. The highest BCUT2D eigenvalue weighted by Gasteiger charge is 2.20. The largest absolute Gasteiger partial charge is 0.497 e. The maximum atomic E-state index is 6.29. The lowest BCUT2D eigenvalue weighted by molar-refractivity contribution is 0.309. The molecule has 0 N–H and O–H groups in total. The minimum absolute atomic E-state index is 0.741. The van der Waals surface area contributed by atoms with E-state index in [-0.39, 0.29) is 0 Å². The van der Waals surface area contributed by atoms with Crippen molar-refractivity contribution in [2.45, 2.75) is 39.7 Å². The van der Waals surface area contributed by atoms with Crippen molar-refractivity contribution in [2.24, 2.45) is 0 Å². The molecule has 0 aliphatic heterocycles. The normalized spacial score (nSPS) is 10.7. The van der Waals surface area contributed by atoms with E-state index in [0.717, 1.165) is 67.8 Å². The molecule has 0 aliphatic carbocycles. The first-order valence-corrected chi connectivity index (χ1v) is 13.2. The molecule has 0 aliphatic rings. The Morgan fingerprint density at radius 1 is 0.629 bits per heavy atom. The van der Waals surface area contributed by atoms with E-state index >= 15 is 0 Å². The standard InChI is InChI=1S/C29H29O4S2/c1-4-5-18-32-25-8-6-21(7-9-25)22-19-28(34-26-14-10-23(30-2)11-15-26)33-29(20-22)35-27-16-12-24(31-3)13-17-27/h6-17,19-20H,4-5,18H2,1-3H3/q+1. The first-order chi connectivity index (χ1) is 17.2. The Kier molecular flexibility index (Phi) is 8.98. The van der Waals surface area contributed by atoms with Crippen molar-refractivity contribution in [2.75, 3.05) is 20.8 Å². The van der Waals surface area contributed by atoms with Crippen molar-refractivity contribution in [3.63, 3.8) is 0 Å². The average molecular weight is 506 g/mol. The third-order valence-electron chi connectivity index (χ3n) is 5.26. The molecule has 0 saturated heterocycles. The third-order valence-corrected chi connectivity index (χ3v) is 7.08. The van der Waals surface area contributed by atoms with E-state index in [4.69, 9.17) is 18.6 Å². The van der Waals surface area contributed by atoms with Crippen LogP contribution in [-0.4, -0.2) is 20.8 Å². The number of ether oxygens (including phenoxy) is 3. The van der Waals surface area contributed by atoms with Crippen LogP contribution in [-0.2, 0) is 0 Å². The predicted octanol–water partition coefficient (Wildman–Crippen LogP) is 8.73. The molecule has 3 aromatic carbocycles. The van der Waals surface area contributed by atoms with Crippen molar-refractivity contribution in [1.29, 1.82) is 0 Å². The molecule has 6 heteroatoms. The lowest BCUT2D eigenvalue weighted by Gasteiger charge is -2.07. The fourth-order valence-electron chi connectivity index (χ4n) is 3.32. The molecule has 0 fully saturated rings. The summed E-state index contributed by atoms with van der Waals surface area (Å²) in [4.78, 5) is 2.15. The Morgan fingerprint density at radius 2 is 1.11 bits per heavy atom. The van der Waals surface area contributed by atoms with E-state index in [0.29, 0.717) is 0 Å². The number of methoxy groups -OCH3 is 2. The fourth-order valence-corrected chi connectivity index (χ4v) is 5.02. The van der Waals surface area contributed by atoms with Gasteiger partial charge in [0.05, 0.1) is 33.0 Å². The zero-order valence-corrected chi connectivity index (χ0v) is 21.8. The van der Waals surface area contributed by atoms with Crippen LogP contribution in [0.1, 0.15) is 19.8 Å². The highest BCUT2D eigenvalue weighted by molar-refractivity contribution is 7.99. The molecule has 4 aromatic rings. The van der Waals surface area contributed by atoms with Gasteiger partial charge in [-0.2, -0.15) is 4.42 Å². The molecule has 180 valence electrons. The van der Waals surface area contributed by atoms with Crippen LogP contribution in [0, 0.1) is 0 Å². The summed E-state index contributed by atoms with van der Waals surface area (Å²) in [5.41, 5.74) is 2.19. The number of benzene rings is 3. The Hall–Kier alpha value is -3.09. The Bertz CT molecular complexity index is 1140. The van der Waals surface area contributed by atoms with Gasteiger partial charge in [-0.3, -0.25) is 0 Å². The van der Waals surface area contributed by atoms with Gasteiger partial charge < -0.3 is 14.2 Å². The minimum Gasteiger partial charge on any atom is -0.497 e. The molecule has 0 unspecified atom stereocenters. The zero-order valence-electron chi connectivity index (χ0n) is 20.2. The maximum absolute atomic E-state index is 6.29. The lowest BCUT2D eigenvalue weighted by atomic mass is 10.1. The molecule has 4 nitrogen and oxygen atoms in total. The summed E-state index contributed by atoms with van der Waals surface area (Å²) < 4.78 is 22.7. The van der Waals surface area contributed by atoms with E-state index < -0.39 is 0 Å². The van der Waals surface area contributed by atoms with Gasteiger partial charge in [0.15, 0.2) is 0 Å². The van der Waals surface area contributed by atoms with Gasteiger partial charge in [-0.1, -0.05) is 25.5 Å². The minimum atomic E-state index is 0.741. The fraction of sp³-hybridized carbons (Fsp3) is 0.207. The summed E-state index contributed by atoms with van der Waals surface area (Å²) in [6.07, 6.45) is 2.18. The van der Waals surface area contributed by atoms with Crippen molar-refractivity contribution in [3.05, 3.63) is 84.9 Å². The Morgan fingerprint density at radius 3 is 1.57 bits per heavy atom. The van der Waals surface area contributed by atoms with Crippen molar-refractivity contribution < 1.29 is 18.6 Å². The van der Waals surface area contributed by atoms with Gasteiger partial charge in [-0.25, -0.2) is 0 Å². The van der Waals surface area contributed by atoms with Gasteiger partial charge in [0.1, 0.15) is 17.2 Å². The Balaban J connectivity index is 1.61. The summed E-state index contributed by atoms with van der Waals surface area (Å²) in [5.74, 6) is 2.55. The number of hydrogen-bond acceptors (Lipinski definition) is 5. The van der Waals surface area contributed by atoms with Crippen LogP contribution in [0.3, 0.4) is 0 Å². The summed E-state index contributed by atoms with van der Waals surface area (Å²) >= 11 is 3.17. The number of rotatable bonds is 11. The van der Waals surface area contributed by atoms with Crippen LogP contribution in [0.25, 0.3) is 11.1 Å². The molecule has 0 bridgehead atoms. The van der Waals surface area contributed by atoms with Crippen LogP contribution in [0.15, 0.2) is 109 Å². The van der Waals surface area contributed by atoms with E-state index in [1.807, 2.05) is 60.7 Å². The lowest BCUT2D eigenvalue weighted by Crippen LogP contribution is -1.95. The molecule has 0 radical (unpaired) electrons. The van der Waals surface area contributed by atoms with Gasteiger partial charge in [0, 0.05) is 38.9 Å². The summed E-state index contributed by atoms with van der Waals surface area (Å²) in [6.45, 7) is 2.90. The van der Waals surface area contributed by atoms with Crippen LogP contribution in [0.2, 0.25) is 0 Å². The van der Waals surface area contributed by atoms with Crippen LogP contribution in [0.5, 0.6) is 17.2 Å². The molecule has 0 saturated carbocycles. The Labute approximate surface area is 215 Å². The summed E-state index contributed by atoms with van der Waals surface area (Å²) in [5, 5.41) is 1.62. The maximum Gasteiger partial charge on any atom is 0.394 e. The molecule has 1 heterocycles. The molecule has 1 aromatic heterocycles. The SMILES string of the molecule is CCCCOc1ccc(-c2cc(Sc3ccc(OC)cc3)[o+]c(Sc3ccc(OC)cc3)c2)cc1. The molecule has 35 heavy (non-hydrogen) atoms. The monoisotopic (exact) mass is 505 g/mol. The van der Waals surface area contributed by atoms with E-state index in [1.54, 1.807) is 37.7 Å². The highest BCUT2D eigenvalue weighted by Crippen LogP contribution is 2.38. The van der Waals surface area contributed by atoms with Crippen LogP contribution >= 0.6 is 23.5 Å². The molecular formula is C29H29O4S2+. The molecular weight excluding hydrogens is 476 g/mol. The number of hydrogen-bond donors (Lipinski definition) is 0. The molecule has 4 rings (SSSR count). The first-order valence-electron chi connectivity index (χ1n) is 11.5. The average Bonchev–Trinajstić information content (AvgIpc) is 2.90. The van der Waals surface area contributed by atoms with Gasteiger partial charge in [-0.15, -0.1) is 0 Å².